The fraction of sp³-hybridized carbons (Fsp3) is 0.500. The predicted octanol–water partition coefficient (Wildman–Crippen LogP) is 1.85. The Bertz CT molecular complexity index is 945. The summed E-state index contributed by atoms with van der Waals surface area (Å²) in [5, 5.41) is 3.22. The van der Waals surface area contributed by atoms with Crippen LogP contribution in [0.25, 0.3) is 11.3 Å². The van der Waals surface area contributed by atoms with Crippen molar-refractivity contribution in [3.8, 4) is 11.3 Å². The van der Waals surface area contributed by atoms with Crippen LogP contribution in [0.2, 0.25) is 0 Å². The molecule has 2 fully saturated rings. The van der Waals surface area contributed by atoms with Crippen molar-refractivity contribution in [1.82, 2.24) is 19.3 Å². The molecule has 0 radical (unpaired) electrons. The highest BCUT2D eigenvalue weighted by Crippen LogP contribution is 2.59. The normalized spacial score (nSPS) is 26.5. The molecule has 4 rings (SSSR count). The van der Waals surface area contributed by atoms with Gasteiger partial charge in [-0.1, -0.05) is 0 Å². The minimum atomic E-state index is -3.66. The van der Waals surface area contributed by atoms with Crippen LogP contribution in [-0.4, -0.2) is 42.0 Å². The standard InChI is InChI=1S/C16H19F2N5O2S/c1-19-26(24,25)9-3-10(13-7-23(2)8-21-13)15(20-6-9)22-14-11-4-16(17,18)5-12(11)14/h3,6-8,11-12,14,19H,4-5H2,1-2H3,(H,20,22). The lowest BCUT2D eigenvalue weighted by Crippen LogP contribution is -2.21. The van der Waals surface area contributed by atoms with E-state index in [1.165, 1.54) is 19.3 Å². The first kappa shape index (κ1) is 17.3. The summed E-state index contributed by atoms with van der Waals surface area (Å²) in [5.41, 5.74) is 1.09. The molecule has 2 aliphatic rings. The van der Waals surface area contributed by atoms with Crippen molar-refractivity contribution in [2.24, 2.45) is 18.9 Å². The van der Waals surface area contributed by atoms with E-state index in [1.54, 1.807) is 24.1 Å². The van der Waals surface area contributed by atoms with Gasteiger partial charge in [0.05, 0.1) is 12.0 Å². The molecule has 2 aromatic rings. The van der Waals surface area contributed by atoms with Crippen LogP contribution >= 0.6 is 0 Å². The minimum absolute atomic E-state index is 0.0220. The molecule has 10 heteroatoms. The molecule has 2 saturated carbocycles. The van der Waals surface area contributed by atoms with Gasteiger partial charge in [-0.2, -0.15) is 0 Å². The van der Waals surface area contributed by atoms with E-state index in [0.29, 0.717) is 17.1 Å². The lowest BCUT2D eigenvalue weighted by atomic mass is 10.1. The van der Waals surface area contributed by atoms with E-state index in [1.807, 2.05) is 0 Å². The smallest absolute Gasteiger partial charge is 0.248 e. The van der Waals surface area contributed by atoms with Gasteiger partial charge in [0.1, 0.15) is 10.7 Å². The van der Waals surface area contributed by atoms with Gasteiger partial charge in [0, 0.05) is 43.9 Å². The molecule has 140 valence electrons. The number of nitrogens with one attached hydrogen (secondary N) is 2. The number of fused-ring (bicyclic) bond motifs is 1. The number of hydrogen-bond acceptors (Lipinski definition) is 5. The van der Waals surface area contributed by atoms with Gasteiger partial charge in [0.15, 0.2) is 0 Å². The third-order valence-corrected chi connectivity index (χ3v) is 6.51. The summed E-state index contributed by atoms with van der Waals surface area (Å²) in [6.45, 7) is 0. The van der Waals surface area contributed by atoms with Gasteiger partial charge < -0.3 is 9.88 Å². The summed E-state index contributed by atoms with van der Waals surface area (Å²) < 4.78 is 54.9. The maximum Gasteiger partial charge on any atom is 0.248 e. The molecule has 0 bridgehead atoms. The zero-order valence-electron chi connectivity index (χ0n) is 14.3. The Balaban J connectivity index is 1.66. The Labute approximate surface area is 149 Å². The summed E-state index contributed by atoms with van der Waals surface area (Å²) in [4.78, 5) is 8.54. The van der Waals surface area contributed by atoms with E-state index in [9.17, 15) is 17.2 Å². The van der Waals surface area contributed by atoms with Gasteiger partial charge in [-0.15, -0.1) is 0 Å². The molecule has 0 aliphatic heterocycles. The van der Waals surface area contributed by atoms with E-state index < -0.39 is 15.9 Å². The van der Waals surface area contributed by atoms with Crippen molar-refractivity contribution in [1.29, 1.82) is 0 Å². The summed E-state index contributed by atoms with van der Waals surface area (Å²) in [6.07, 6.45) is 4.39. The maximum atomic E-state index is 13.4. The molecule has 0 aromatic carbocycles. The summed E-state index contributed by atoms with van der Waals surface area (Å²) in [7, 11) is -0.525. The van der Waals surface area contributed by atoms with Gasteiger partial charge in [0.25, 0.3) is 0 Å². The zero-order chi connectivity index (χ0) is 18.7. The molecule has 2 aliphatic carbocycles. The van der Waals surface area contributed by atoms with Crippen molar-refractivity contribution in [3.05, 3.63) is 24.8 Å². The first-order chi connectivity index (χ1) is 12.2. The largest absolute Gasteiger partial charge is 0.366 e. The topological polar surface area (TPSA) is 88.9 Å². The number of alkyl halides is 2. The molecule has 0 spiro atoms. The van der Waals surface area contributed by atoms with Crippen LogP contribution in [0.5, 0.6) is 0 Å². The van der Waals surface area contributed by atoms with E-state index in [2.05, 4.69) is 20.0 Å². The van der Waals surface area contributed by atoms with Crippen LogP contribution < -0.4 is 10.0 Å². The van der Waals surface area contributed by atoms with E-state index in [0.717, 1.165) is 0 Å². The minimum Gasteiger partial charge on any atom is -0.366 e. The fourth-order valence-electron chi connectivity index (χ4n) is 3.72. The van der Waals surface area contributed by atoms with Gasteiger partial charge in [0.2, 0.25) is 15.9 Å². The number of anilines is 1. The molecule has 2 aromatic heterocycles. The molecule has 2 heterocycles. The highest BCUT2D eigenvalue weighted by atomic mass is 32.2. The molecular weight excluding hydrogens is 364 g/mol. The molecule has 2 unspecified atom stereocenters. The quantitative estimate of drug-likeness (QED) is 0.823. The van der Waals surface area contributed by atoms with Crippen molar-refractivity contribution >= 4 is 15.8 Å². The van der Waals surface area contributed by atoms with Crippen LogP contribution in [0, 0.1) is 11.8 Å². The third-order valence-electron chi connectivity index (χ3n) is 5.13. The molecular formula is C16H19F2N5O2S. The monoisotopic (exact) mass is 383 g/mol. The molecule has 26 heavy (non-hydrogen) atoms. The number of imidazole rings is 1. The van der Waals surface area contributed by atoms with Crippen LogP contribution in [0.1, 0.15) is 12.8 Å². The average Bonchev–Trinajstić information content (AvgIpc) is 2.92. The van der Waals surface area contributed by atoms with Gasteiger partial charge >= 0.3 is 0 Å². The van der Waals surface area contributed by atoms with Gasteiger partial charge in [-0.3, -0.25) is 0 Å². The first-order valence-corrected chi connectivity index (χ1v) is 9.75. The van der Waals surface area contributed by atoms with E-state index in [-0.39, 0.29) is 35.6 Å². The molecule has 2 N–H and O–H groups in total. The SMILES string of the molecule is CNS(=O)(=O)c1cnc(NC2C3CC(F)(F)CC32)c(-c2cn(C)cn2)c1. The van der Waals surface area contributed by atoms with Crippen LogP contribution in [0.15, 0.2) is 29.7 Å². The Morgan fingerprint density at radius 2 is 1.96 bits per heavy atom. The number of hydrogen-bond donors (Lipinski definition) is 2. The Hall–Kier alpha value is -2.07. The summed E-state index contributed by atoms with van der Waals surface area (Å²) >= 11 is 0. The highest BCUT2D eigenvalue weighted by molar-refractivity contribution is 7.89. The van der Waals surface area contributed by atoms with Gasteiger partial charge in [-0.05, 0) is 24.9 Å². The molecule has 0 saturated heterocycles. The predicted molar refractivity (Wildman–Crippen MR) is 91.3 cm³/mol. The number of pyridine rings is 1. The second-order valence-electron chi connectivity index (χ2n) is 6.96. The molecule has 0 amide bonds. The van der Waals surface area contributed by atoms with E-state index >= 15 is 0 Å². The Morgan fingerprint density at radius 1 is 1.27 bits per heavy atom. The maximum absolute atomic E-state index is 13.4. The average molecular weight is 383 g/mol. The lowest BCUT2D eigenvalue weighted by molar-refractivity contribution is -0.00448. The molecule has 7 nitrogen and oxygen atoms in total. The zero-order valence-corrected chi connectivity index (χ0v) is 15.1. The van der Waals surface area contributed by atoms with Crippen LogP contribution in [0.3, 0.4) is 0 Å². The second-order valence-corrected chi connectivity index (χ2v) is 8.85. The number of sulfonamides is 1. The summed E-state index contributed by atoms with van der Waals surface area (Å²) in [6, 6.07) is 1.44. The summed E-state index contributed by atoms with van der Waals surface area (Å²) in [5.74, 6) is -2.25. The lowest BCUT2D eigenvalue weighted by Gasteiger charge is -2.16. The van der Waals surface area contributed by atoms with Crippen LogP contribution in [0.4, 0.5) is 14.6 Å². The Morgan fingerprint density at radius 3 is 2.54 bits per heavy atom. The number of rotatable bonds is 5. The van der Waals surface area contributed by atoms with Gasteiger partial charge in [-0.25, -0.2) is 31.9 Å². The van der Waals surface area contributed by atoms with Crippen molar-refractivity contribution in [2.75, 3.05) is 12.4 Å². The van der Waals surface area contributed by atoms with Crippen molar-refractivity contribution in [2.45, 2.75) is 29.7 Å². The Kier molecular flexibility index (Phi) is 3.81. The second kappa shape index (κ2) is 5.71. The fourth-order valence-corrected chi connectivity index (χ4v) is 4.42. The third kappa shape index (κ3) is 2.96. The number of aromatic nitrogens is 3. The van der Waals surface area contributed by atoms with Crippen LogP contribution in [-0.2, 0) is 17.1 Å². The number of halogens is 2. The van der Waals surface area contributed by atoms with Crippen molar-refractivity contribution < 1.29 is 17.2 Å². The van der Waals surface area contributed by atoms with E-state index in [4.69, 9.17) is 0 Å². The molecule has 2 atom stereocenters. The number of nitrogens with zero attached hydrogens (tertiary/aromatic N) is 3. The number of aryl methyl sites for hydroxylation is 1. The van der Waals surface area contributed by atoms with Crippen molar-refractivity contribution in [3.63, 3.8) is 0 Å². The first-order valence-electron chi connectivity index (χ1n) is 8.26. The highest BCUT2D eigenvalue weighted by Gasteiger charge is 2.63.